The number of benzene rings is 1. The molecular weight excluding hydrogens is 280 g/mol. The van der Waals surface area contributed by atoms with Gasteiger partial charge in [-0.05, 0) is 30.7 Å². The van der Waals surface area contributed by atoms with Crippen LogP contribution in [0.3, 0.4) is 0 Å². The molecule has 0 radical (unpaired) electrons. The number of carbonyl (C=O) groups is 1. The summed E-state index contributed by atoms with van der Waals surface area (Å²) in [7, 11) is 3.77. The van der Waals surface area contributed by atoms with E-state index in [0.29, 0.717) is 5.76 Å². The van der Waals surface area contributed by atoms with E-state index in [9.17, 15) is 4.79 Å². The van der Waals surface area contributed by atoms with Crippen LogP contribution in [-0.4, -0.2) is 32.8 Å². The lowest BCUT2D eigenvalue weighted by Gasteiger charge is -2.06. The summed E-state index contributed by atoms with van der Waals surface area (Å²) in [5.41, 5.74) is 4.49. The molecule has 0 aliphatic rings. The van der Waals surface area contributed by atoms with Crippen molar-refractivity contribution in [2.75, 3.05) is 30.9 Å². The summed E-state index contributed by atoms with van der Waals surface area (Å²) in [5.74, 6) is 1.08. The molecule has 0 aliphatic heterocycles. The van der Waals surface area contributed by atoms with E-state index in [-0.39, 0.29) is 12.5 Å². The van der Waals surface area contributed by atoms with Gasteiger partial charge in [-0.1, -0.05) is 12.1 Å². The minimum Gasteiger partial charge on any atom is -0.440 e. The molecule has 0 atom stereocenters. The van der Waals surface area contributed by atoms with Crippen LogP contribution in [0.5, 0.6) is 0 Å². The maximum absolute atomic E-state index is 11.7. The molecule has 1 heterocycles. The van der Waals surface area contributed by atoms with Crippen LogP contribution in [0.4, 0.5) is 11.6 Å². The second-order valence-corrected chi connectivity index (χ2v) is 5.09. The maximum atomic E-state index is 11.7. The van der Waals surface area contributed by atoms with Crippen LogP contribution in [0.2, 0.25) is 0 Å². The van der Waals surface area contributed by atoms with Crippen LogP contribution < -0.4 is 15.6 Å². The SMILES string of the molecule is Cc1cccc(NCC(=O)NN=Cc2ccc(N(C)C)o2)c1. The molecule has 1 aromatic heterocycles. The topological polar surface area (TPSA) is 69.9 Å². The number of anilines is 2. The van der Waals surface area contributed by atoms with Crippen LogP contribution in [0.25, 0.3) is 0 Å². The Morgan fingerprint density at radius 3 is 2.82 bits per heavy atom. The molecule has 22 heavy (non-hydrogen) atoms. The second-order valence-electron chi connectivity index (χ2n) is 5.09. The van der Waals surface area contributed by atoms with Crippen LogP contribution >= 0.6 is 0 Å². The molecule has 1 amide bonds. The van der Waals surface area contributed by atoms with E-state index in [0.717, 1.165) is 17.1 Å². The third kappa shape index (κ3) is 4.66. The molecular formula is C16H20N4O2. The van der Waals surface area contributed by atoms with Gasteiger partial charge in [-0.2, -0.15) is 5.10 Å². The zero-order valence-corrected chi connectivity index (χ0v) is 13.0. The Kier molecular flexibility index (Phi) is 5.19. The van der Waals surface area contributed by atoms with Gasteiger partial charge in [0.05, 0.1) is 12.8 Å². The predicted octanol–water partition coefficient (Wildman–Crippen LogP) is 2.22. The Balaban J connectivity index is 1.78. The lowest BCUT2D eigenvalue weighted by atomic mass is 10.2. The average molecular weight is 300 g/mol. The minimum atomic E-state index is -0.225. The monoisotopic (exact) mass is 300 g/mol. The first-order chi connectivity index (χ1) is 10.5. The van der Waals surface area contributed by atoms with Gasteiger partial charge in [-0.3, -0.25) is 4.79 Å². The summed E-state index contributed by atoms with van der Waals surface area (Å²) in [6.07, 6.45) is 1.47. The smallest absolute Gasteiger partial charge is 0.259 e. The van der Waals surface area contributed by atoms with Gasteiger partial charge >= 0.3 is 0 Å². The zero-order chi connectivity index (χ0) is 15.9. The number of amides is 1. The summed E-state index contributed by atoms with van der Waals surface area (Å²) in [6, 6.07) is 11.4. The Labute approximate surface area is 129 Å². The number of nitrogens with one attached hydrogen (secondary N) is 2. The first-order valence-corrected chi connectivity index (χ1v) is 6.94. The number of furan rings is 1. The molecule has 0 fully saturated rings. The van der Waals surface area contributed by atoms with Crippen molar-refractivity contribution in [1.29, 1.82) is 0 Å². The highest BCUT2D eigenvalue weighted by Gasteiger charge is 2.02. The Hall–Kier alpha value is -2.76. The molecule has 2 rings (SSSR count). The summed E-state index contributed by atoms with van der Waals surface area (Å²) < 4.78 is 5.48. The third-order valence-corrected chi connectivity index (χ3v) is 2.91. The quantitative estimate of drug-likeness (QED) is 0.634. The van der Waals surface area contributed by atoms with Crippen molar-refractivity contribution in [3.63, 3.8) is 0 Å². The Morgan fingerprint density at radius 1 is 1.32 bits per heavy atom. The van der Waals surface area contributed by atoms with Crippen molar-refractivity contribution in [2.24, 2.45) is 5.10 Å². The predicted molar refractivity (Wildman–Crippen MR) is 88.4 cm³/mol. The van der Waals surface area contributed by atoms with E-state index < -0.39 is 0 Å². The maximum Gasteiger partial charge on any atom is 0.259 e. The zero-order valence-electron chi connectivity index (χ0n) is 13.0. The normalized spacial score (nSPS) is 10.7. The van der Waals surface area contributed by atoms with Gasteiger partial charge < -0.3 is 14.6 Å². The molecule has 2 aromatic rings. The molecule has 0 bridgehead atoms. The first kappa shape index (κ1) is 15.6. The van der Waals surface area contributed by atoms with Gasteiger partial charge in [-0.15, -0.1) is 0 Å². The van der Waals surface area contributed by atoms with Crippen LogP contribution in [0.15, 0.2) is 45.9 Å². The number of rotatable bonds is 6. The molecule has 6 nitrogen and oxygen atoms in total. The molecule has 6 heteroatoms. The summed E-state index contributed by atoms with van der Waals surface area (Å²) in [4.78, 5) is 13.5. The molecule has 0 spiro atoms. The van der Waals surface area contributed by atoms with Crippen LogP contribution in [-0.2, 0) is 4.79 Å². The molecule has 1 aromatic carbocycles. The van der Waals surface area contributed by atoms with Crippen LogP contribution in [0, 0.1) is 6.92 Å². The average Bonchev–Trinajstić information content (AvgIpc) is 2.94. The van der Waals surface area contributed by atoms with Crippen molar-refractivity contribution < 1.29 is 9.21 Å². The lowest BCUT2D eigenvalue weighted by molar-refractivity contribution is -0.119. The number of hydrogen-bond donors (Lipinski definition) is 2. The highest BCUT2D eigenvalue weighted by molar-refractivity contribution is 5.83. The highest BCUT2D eigenvalue weighted by atomic mass is 16.4. The number of hydrazone groups is 1. The molecule has 2 N–H and O–H groups in total. The number of aryl methyl sites for hydroxylation is 1. The van der Waals surface area contributed by atoms with E-state index in [1.165, 1.54) is 6.21 Å². The number of nitrogens with zero attached hydrogens (tertiary/aromatic N) is 2. The summed E-state index contributed by atoms with van der Waals surface area (Å²) in [6.45, 7) is 2.16. The molecule has 0 saturated heterocycles. The van der Waals surface area contributed by atoms with Crippen molar-refractivity contribution >= 4 is 23.7 Å². The second kappa shape index (κ2) is 7.31. The lowest BCUT2D eigenvalue weighted by Crippen LogP contribution is -2.25. The summed E-state index contributed by atoms with van der Waals surface area (Å²) in [5, 5.41) is 6.90. The number of carbonyl (C=O) groups excluding carboxylic acids is 1. The number of hydrogen-bond acceptors (Lipinski definition) is 5. The summed E-state index contributed by atoms with van der Waals surface area (Å²) >= 11 is 0. The van der Waals surface area contributed by atoms with Crippen molar-refractivity contribution in [2.45, 2.75) is 6.92 Å². The van der Waals surface area contributed by atoms with Crippen molar-refractivity contribution in [3.8, 4) is 0 Å². The van der Waals surface area contributed by atoms with E-state index in [4.69, 9.17) is 4.42 Å². The Morgan fingerprint density at radius 2 is 2.14 bits per heavy atom. The first-order valence-electron chi connectivity index (χ1n) is 6.94. The molecule has 116 valence electrons. The minimum absolute atomic E-state index is 0.155. The fourth-order valence-corrected chi connectivity index (χ4v) is 1.80. The van der Waals surface area contributed by atoms with Gasteiger partial charge in [0, 0.05) is 25.8 Å². The Bertz CT molecular complexity index is 662. The largest absolute Gasteiger partial charge is 0.440 e. The van der Waals surface area contributed by atoms with Gasteiger partial charge in [0.2, 0.25) is 0 Å². The van der Waals surface area contributed by atoms with E-state index in [1.54, 1.807) is 6.07 Å². The van der Waals surface area contributed by atoms with Crippen molar-refractivity contribution in [3.05, 3.63) is 47.7 Å². The van der Waals surface area contributed by atoms with Crippen LogP contribution in [0.1, 0.15) is 11.3 Å². The van der Waals surface area contributed by atoms with E-state index in [1.807, 2.05) is 56.3 Å². The molecule has 0 unspecified atom stereocenters. The highest BCUT2D eigenvalue weighted by Crippen LogP contribution is 2.14. The van der Waals surface area contributed by atoms with Crippen molar-refractivity contribution in [1.82, 2.24) is 5.43 Å². The molecule has 0 saturated carbocycles. The van der Waals surface area contributed by atoms with Gasteiger partial charge in [0.15, 0.2) is 5.88 Å². The van der Waals surface area contributed by atoms with E-state index >= 15 is 0 Å². The van der Waals surface area contributed by atoms with Gasteiger partial charge in [0.25, 0.3) is 5.91 Å². The molecule has 0 aliphatic carbocycles. The standard InChI is InChI=1S/C16H20N4O2/c1-12-5-4-6-13(9-12)17-11-15(21)19-18-10-14-7-8-16(22-14)20(2)3/h4-10,17H,11H2,1-3H3,(H,19,21). The third-order valence-electron chi connectivity index (χ3n) is 2.91. The fourth-order valence-electron chi connectivity index (χ4n) is 1.80. The van der Waals surface area contributed by atoms with Gasteiger partial charge in [0.1, 0.15) is 5.76 Å². The van der Waals surface area contributed by atoms with Gasteiger partial charge in [-0.25, -0.2) is 5.43 Å². The van der Waals surface area contributed by atoms with E-state index in [2.05, 4.69) is 15.8 Å². The fraction of sp³-hybridized carbons (Fsp3) is 0.250.